The van der Waals surface area contributed by atoms with E-state index in [-0.39, 0.29) is 43.3 Å². The molecule has 136 valence electrons. The van der Waals surface area contributed by atoms with Crippen LogP contribution in [0.15, 0.2) is 35.4 Å². The van der Waals surface area contributed by atoms with Gasteiger partial charge in [-0.3, -0.25) is 9.59 Å². The van der Waals surface area contributed by atoms with Gasteiger partial charge in [0.05, 0.1) is 5.69 Å². The Morgan fingerprint density at radius 3 is 2.65 bits per heavy atom. The molecule has 0 fully saturated rings. The first kappa shape index (κ1) is 18.3. The van der Waals surface area contributed by atoms with Crippen molar-refractivity contribution in [2.75, 3.05) is 0 Å². The third-order valence-corrected chi connectivity index (χ3v) is 4.20. The lowest BCUT2D eigenvalue weighted by molar-refractivity contribution is -0.119. The maximum absolute atomic E-state index is 13.3. The minimum atomic E-state index is -2.70. The highest BCUT2D eigenvalue weighted by atomic mass is 35.5. The van der Waals surface area contributed by atoms with E-state index in [1.54, 1.807) is 0 Å². The largest absolute Gasteiger partial charge is 0.297 e. The van der Waals surface area contributed by atoms with Crippen LogP contribution in [0.2, 0.25) is 5.28 Å². The van der Waals surface area contributed by atoms with Gasteiger partial charge in [0.15, 0.2) is 5.78 Å². The summed E-state index contributed by atoms with van der Waals surface area (Å²) in [6.45, 7) is -0.223. The normalized spacial score (nSPS) is 16.2. The zero-order chi connectivity index (χ0) is 18.7. The van der Waals surface area contributed by atoms with Crippen LogP contribution in [0, 0.1) is 0 Å². The SMILES string of the molecule is O=C(Cc1cnc(Cl)nc1)Cn1nc(C2=CCC(F)(F)CC2)ccc1=O. The van der Waals surface area contributed by atoms with Gasteiger partial charge in [0, 0.05) is 37.7 Å². The van der Waals surface area contributed by atoms with Gasteiger partial charge in [0.2, 0.25) is 5.28 Å². The van der Waals surface area contributed by atoms with Crippen LogP contribution < -0.4 is 5.56 Å². The molecule has 2 aromatic rings. The summed E-state index contributed by atoms with van der Waals surface area (Å²) in [4.78, 5) is 31.7. The minimum absolute atomic E-state index is 0.0322. The van der Waals surface area contributed by atoms with E-state index in [1.807, 2.05) is 0 Å². The Labute approximate surface area is 152 Å². The van der Waals surface area contributed by atoms with Crippen LogP contribution in [0.25, 0.3) is 5.57 Å². The molecule has 0 N–H and O–H groups in total. The number of carbonyl (C=O) groups is 1. The molecule has 0 spiro atoms. The Morgan fingerprint density at radius 2 is 2.00 bits per heavy atom. The smallest absolute Gasteiger partial charge is 0.267 e. The van der Waals surface area contributed by atoms with Gasteiger partial charge in [0.25, 0.3) is 11.5 Å². The zero-order valence-electron chi connectivity index (χ0n) is 13.7. The molecule has 0 amide bonds. The van der Waals surface area contributed by atoms with Crippen molar-refractivity contribution >= 4 is 23.0 Å². The van der Waals surface area contributed by atoms with Crippen molar-refractivity contribution in [3.63, 3.8) is 0 Å². The van der Waals surface area contributed by atoms with Crippen LogP contribution >= 0.6 is 11.6 Å². The number of nitrogens with zero attached hydrogens (tertiary/aromatic N) is 4. The van der Waals surface area contributed by atoms with Crippen LogP contribution in [0.5, 0.6) is 0 Å². The van der Waals surface area contributed by atoms with E-state index in [0.717, 1.165) is 4.68 Å². The van der Waals surface area contributed by atoms with Crippen LogP contribution in [-0.2, 0) is 17.8 Å². The molecule has 2 heterocycles. The van der Waals surface area contributed by atoms with Gasteiger partial charge >= 0.3 is 0 Å². The van der Waals surface area contributed by atoms with E-state index in [9.17, 15) is 18.4 Å². The summed E-state index contributed by atoms with van der Waals surface area (Å²) >= 11 is 5.59. The topological polar surface area (TPSA) is 77.7 Å². The molecule has 0 saturated carbocycles. The molecular weight excluding hydrogens is 366 g/mol. The summed E-state index contributed by atoms with van der Waals surface area (Å²) in [6.07, 6.45) is 3.92. The van der Waals surface area contributed by atoms with E-state index in [1.165, 1.54) is 30.6 Å². The second kappa shape index (κ2) is 7.41. The molecular formula is C17H15ClF2N4O2. The molecule has 3 rings (SSSR count). The molecule has 0 radical (unpaired) electrons. The van der Waals surface area contributed by atoms with E-state index in [4.69, 9.17) is 11.6 Å². The number of hydrogen-bond acceptors (Lipinski definition) is 5. The molecule has 1 aliphatic carbocycles. The van der Waals surface area contributed by atoms with Gasteiger partial charge in [0.1, 0.15) is 6.54 Å². The van der Waals surface area contributed by atoms with Gasteiger partial charge < -0.3 is 0 Å². The van der Waals surface area contributed by atoms with Crippen molar-refractivity contribution in [3.8, 4) is 0 Å². The first-order valence-electron chi connectivity index (χ1n) is 7.96. The standard InChI is InChI=1S/C17H15ClF2N4O2/c18-16-21-8-11(9-22-16)7-13(25)10-24-15(26)2-1-14(23-24)12-3-5-17(19,20)6-4-12/h1-3,8-9H,4-7,10H2. The van der Waals surface area contributed by atoms with Crippen molar-refractivity contribution in [1.29, 1.82) is 0 Å². The second-order valence-corrected chi connectivity index (χ2v) is 6.42. The van der Waals surface area contributed by atoms with Crippen LogP contribution in [0.4, 0.5) is 8.78 Å². The maximum atomic E-state index is 13.3. The predicted molar refractivity (Wildman–Crippen MR) is 91.0 cm³/mol. The fraction of sp³-hybridized carbons (Fsp3) is 0.353. The molecule has 9 heteroatoms. The molecule has 0 aliphatic heterocycles. The molecule has 0 atom stereocenters. The number of allylic oxidation sites excluding steroid dienone is 2. The lowest BCUT2D eigenvalue weighted by atomic mass is 9.94. The summed E-state index contributed by atoms with van der Waals surface area (Å²) in [6, 6.07) is 2.78. The maximum Gasteiger partial charge on any atom is 0.267 e. The number of Topliss-reactive ketones (excluding diaryl/α,β-unsaturated/α-hetero) is 1. The highest BCUT2D eigenvalue weighted by Crippen LogP contribution is 2.35. The Bertz CT molecular complexity index is 910. The highest BCUT2D eigenvalue weighted by Gasteiger charge is 2.31. The van der Waals surface area contributed by atoms with Crippen LogP contribution in [-0.4, -0.2) is 31.5 Å². The summed E-state index contributed by atoms with van der Waals surface area (Å²) in [5.41, 5.74) is 1.22. The van der Waals surface area contributed by atoms with Crippen molar-refractivity contribution in [2.45, 2.75) is 38.2 Å². The number of ketones is 1. The molecule has 1 aliphatic rings. The quantitative estimate of drug-likeness (QED) is 0.745. The van der Waals surface area contributed by atoms with Crippen molar-refractivity contribution in [3.05, 3.63) is 57.5 Å². The third-order valence-electron chi connectivity index (χ3n) is 4.00. The summed E-state index contributed by atoms with van der Waals surface area (Å²) in [5, 5.41) is 4.24. The average molecular weight is 381 g/mol. The molecule has 0 saturated heterocycles. The minimum Gasteiger partial charge on any atom is -0.297 e. The molecule has 26 heavy (non-hydrogen) atoms. The van der Waals surface area contributed by atoms with Gasteiger partial charge in [-0.1, -0.05) is 6.08 Å². The van der Waals surface area contributed by atoms with Crippen LogP contribution in [0.1, 0.15) is 30.5 Å². The Morgan fingerprint density at radius 1 is 1.27 bits per heavy atom. The van der Waals surface area contributed by atoms with E-state index in [0.29, 0.717) is 16.8 Å². The van der Waals surface area contributed by atoms with Gasteiger partial charge in [-0.15, -0.1) is 0 Å². The average Bonchev–Trinajstić information content (AvgIpc) is 2.59. The van der Waals surface area contributed by atoms with Gasteiger partial charge in [-0.05, 0) is 35.2 Å². The van der Waals surface area contributed by atoms with E-state index >= 15 is 0 Å². The van der Waals surface area contributed by atoms with Crippen molar-refractivity contribution < 1.29 is 13.6 Å². The summed E-state index contributed by atoms with van der Waals surface area (Å²) in [5.74, 6) is -2.96. The lowest BCUT2D eigenvalue weighted by Gasteiger charge is -2.21. The molecule has 0 aromatic carbocycles. The third kappa shape index (κ3) is 4.57. The summed E-state index contributed by atoms with van der Waals surface area (Å²) in [7, 11) is 0. The molecule has 6 nitrogen and oxygen atoms in total. The van der Waals surface area contributed by atoms with Crippen molar-refractivity contribution in [1.82, 2.24) is 19.7 Å². The first-order chi connectivity index (χ1) is 12.3. The predicted octanol–water partition coefficient (Wildman–Crippen LogP) is 2.70. The summed E-state index contributed by atoms with van der Waals surface area (Å²) < 4.78 is 27.6. The monoisotopic (exact) mass is 380 g/mol. The number of carbonyl (C=O) groups excluding carboxylic acids is 1. The molecule has 0 unspecified atom stereocenters. The van der Waals surface area contributed by atoms with Gasteiger partial charge in [-0.2, -0.15) is 5.10 Å². The fourth-order valence-corrected chi connectivity index (χ4v) is 2.74. The Hall–Kier alpha value is -2.48. The number of hydrogen-bond donors (Lipinski definition) is 0. The second-order valence-electron chi connectivity index (χ2n) is 6.08. The number of rotatable bonds is 5. The fourth-order valence-electron chi connectivity index (χ4n) is 2.64. The van der Waals surface area contributed by atoms with Crippen molar-refractivity contribution in [2.24, 2.45) is 0 Å². The Balaban J connectivity index is 1.74. The number of alkyl halides is 2. The van der Waals surface area contributed by atoms with E-state index in [2.05, 4.69) is 15.1 Å². The lowest BCUT2D eigenvalue weighted by Crippen LogP contribution is -2.28. The zero-order valence-corrected chi connectivity index (χ0v) is 14.4. The van der Waals surface area contributed by atoms with Gasteiger partial charge in [-0.25, -0.2) is 23.4 Å². The molecule has 2 aromatic heterocycles. The molecule has 0 bridgehead atoms. The Kier molecular flexibility index (Phi) is 5.22. The highest BCUT2D eigenvalue weighted by molar-refractivity contribution is 6.28. The first-order valence-corrected chi connectivity index (χ1v) is 8.34. The number of aromatic nitrogens is 4. The van der Waals surface area contributed by atoms with E-state index < -0.39 is 11.5 Å². The van der Waals surface area contributed by atoms with Crippen LogP contribution in [0.3, 0.4) is 0 Å². The number of halogens is 3.